The first kappa shape index (κ1) is 13.4. The van der Waals surface area contributed by atoms with Crippen LogP contribution in [0.3, 0.4) is 0 Å². The van der Waals surface area contributed by atoms with Gasteiger partial charge in [0.25, 0.3) is 5.69 Å². The van der Waals surface area contributed by atoms with Crippen LogP contribution in [0.25, 0.3) is 0 Å². The van der Waals surface area contributed by atoms with Gasteiger partial charge in [-0.05, 0) is 24.6 Å². The highest BCUT2D eigenvalue weighted by Gasteiger charge is 2.22. The molecule has 108 valence electrons. The highest BCUT2D eigenvalue weighted by molar-refractivity contribution is 5.47. The Hall–Kier alpha value is -2.63. The molecule has 1 N–H and O–H groups in total. The molecule has 21 heavy (non-hydrogen) atoms. The third kappa shape index (κ3) is 2.79. The van der Waals surface area contributed by atoms with Gasteiger partial charge in [-0.1, -0.05) is 18.2 Å². The van der Waals surface area contributed by atoms with E-state index >= 15 is 0 Å². The third-order valence-corrected chi connectivity index (χ3v) is 3.50. The van der Waals surface area contributed by atoms with E-state index in [9.17, 15) is 10.1 Å². The molecule has 0 fully saturated rings. The monoisotopic (exact) mass is 285 g/mol. The zero-order chi connectivity index (χ0) is 14.8. The molecule has 0 spiro atoms. The van der Waals surface area contributed by atoms with E-state index in [-0.39, 0.29) is 11.8 Å². The number of rotatable bonds is 4. The van der Waals surface area contributed by atoms with Gasteiger partial charge in [0.2, 0.25) is 0 Å². The van der Waals surface area contributed by atoms with Gasteiger partial charge in [0.1, 0.15) is 23.9 Å². The zero-order valence-corrected chi connectivity index (χ0v) is 11.6. The van der Waals surface area contributed by atoms with Crippen molar-refractivity contribution in [1.82, 2.24) is 4.98 Å². The molecule has 2 heterocycles. The van der Waals surface area contributed by atoms with Gasteiger partial charge in [-0.3, -0.25) is 10.1 Å². The number of anilines is 1. The number of hydrogen-bond acceptors (Lipinski definition) is 5. The quantitative estimate of drug-likeness (QED) is 0.690. The van der Waals surface area contributed by atoms with Crippen molar-refractivity contribution in [2.45, 2.75) is 19.4 Å². The molecule has 0 saturated heterocycles. The number of ether oxygens (including phenoxy) is 1. The summed E-state index contributed by atoms with van der Waals surface area (Å²) >= 11 is 0. The topological polar surface area (TPSA) is 77.3 Å². The lowest BCUT2D eigenvalue weighted by atomic mass is 10.1. The number of nitrogens with one attached hydrogen (secondary N) is 1. The number of hydrogen-bond donors (Lipinski definition) is 1. The van der Waals surface area contributed by atoms with Gasteiger partial charge in [-0.25, -0.2) is 4.98 Å². The Morgan fingerprint density at radius 1 is 1.48 bits per heavy atom. The zero-order valence-electron chi connectivity index (χ0n) is 11.6. The molecule has 0 radical (unpaired) electrons. The van der Waals surface area contributed by atoms with Gasteiger partial charge in [0.15, 0.2) is 0 Å². The minimum absolute atomic E-state index is 0.0325. The summed E-state index contributed by atoms with van der Waals surface area (Å²) in [6.07, 6.45) is 2.19. The summed E-state index contributed by atoms with van der Waals surface area (Å²) in [4.78, 5) is 14.4. The predicted octanol–water partition coefficient (Wildman–Crippen LogP) is 2.71. The number of benzene rings is 1. The van der Waals surface area contributed by atoms with Crippen molar-refractivity contribution in [2.75, 3.05) is 11.9 Å². The summed E-state index contributed by atoms with van der Waals surface area (Å²) in [6, 6.07) is 9.66. The van der Waals surface area contributed by atoms with Gasteiger partial charge < -0.3 is 10.1 Å². The second-order valence-corrected chi connectivity index (χ2v) is 5.05. The summed E-state index contributed by atoms with van der Waals surface area (Å²) < 4.78 is 5.82. The summed E-state index contributed by atoms with van der Waals surface area (Å²) in [6.45, 7) is 2.31. The van der Waals surface area contributed by atoms with Crippen LogP contribution in [0.4, 0.5) is 11.5 Å². The first-order chi connectivity index (χ1) is 10.1. The molecule has 0 bridgehead atoms. The van der Waals surface area contributed by atoms with Crippen LogP contribution in [0, 0.1) is 17.0 Å². The molecule has 1 aromatic heterocycles. The van der Waals surface area contributed by atoms with Gasteiger partial charge >= 0.3 is 0 Å². The van der Waals surface area contributed by atoms with Crippen molar-refractivity contribution >= 4 is 11.5 Å². The summed E-state index contributed by atoms with van der Waals surface area (Å²) in [5.74, 6) is 1.55. The molecule has 1 unspecified atom stereocenters. The average Bonchev–Trinajstić information content (AvgIpc) is 2.87. The largest absolute Gasteiger partial charge is 0.488 e. The molecule has 0 saturated carbocycles. The van der Waals surface area contributed by atoms with E-state index < -0.39 is 4.92 Å². The molecule has 2 aromatic rings. The lowest BCUT2D eigenvalue weighted by Gasteiger charge is -2.12. The van der Waals surface area contributed by atoms with Crippen molar-refractivity contribution < 1.29 is 9.66 Å². The molecule has 1 aliphatic heterocycles. The lowest BCUT2D eigenvalue weighted by Crippen LogP contribution is -2.24. The molecule has 1 aromatic carbocycles. The number of pyridine rings is 1. The smallest absolute Gasteiger partial charge is 0.290 e. The highest BCUT2D eigenvalue weighted by Crippen LogP contribution is 2.28. The number of nitrogens with zero attached hydrogens (tertiary/aromatic N) is 2. The Morgan fingerprint density at radius 2 is 2.29 bits per heavy atom. The van der Waals surface area contributed by atoms with Crippen LogP contribution in [-0.4, -0.2) is 22.6 Å². The van der Waals surface area contributed by atoms with E-state index in [1.54, 1.807) is 13.0 Å². The Labute approximate surface area is 121 Å². The van der Waals surface area contributed by atoms with Crippen LogP contribution in [-0.2, 0) is 6.42 Å². The number of fused-ring (bicyclic) bond motifs is 1. The standard InChI is InChI=1S/C15H15N3O3/c1-10-6-15(17-9-13(10)18(19)20)16-8-12-7-11-4-2-3-5-14(11)21-12/h2-6,9,12H,7-8H2,1H3,(H,16,17). The van der Waals surface area contributed by atoms with Crippen molar-refractivity contribution in [2.24, 2.45) is 0 Å². The molecule has 0 amide bonds. The molecular weight excluding hydrogens is 270 g/mol. The predicted molar refractivity (Wildman–Crippen MR) is 78.7 cm³/mol. The van der Waals surface area contributed by atoms with E-state index in [1.165, 1.54) is 11.8 Å². The Balaban J connectivity index is 1.62. The number of nitro groups is 1. The normalized spacial score (nSPS) is 16.1. The van der Waals surface area contributed by atoms with Gasteiger partial charge in [-0.15, -0.1) is 0 Å². The average molecular weight is 285 g/mol. The van der Waals surface area contributed by atoms with Gasteiger partial charge in [0, 0.05) is 12.0 Å². The number of para-hydroxylation sites is 1. The summed E-state index contributed by atoms with van der Waals surface area (Å²) in [5, 5.41) is 13.9. The second kappa shape index (κ2) is 5.40. The third-order valence-electron chi connectivity index (χ3n) is 3.50. The Morgan fingerprint density at radius 3 is 3.00 bits per heavy atom. The lowest BCUT2D eigenvalue weighted by molar-refractivity contribution is -0.385. The van der Waals surface area contributed by atoms with Crippen molar-refractivity contribution in [3.05, 3.63) is 57.8 Å². The molecule has 1 aliphatic rings. The maximum atomic E-state index is 10.8. The summed E-state index contributed by atoms with van der Waals surface area (Å²) in [7, 11) is 0. The fraction of sp³-hybridized carbons (Fsp3) is 0.267. The summed E-state index contributed by atoms with van der Waals surface area (Å²) in [5.41, 5.74) is 1.83. The van der Waals surface area contributed by atoms with E-state index in [2.05, 4.69) is 16.4 Å². The fourth-order valence-corrected chi connectivity index (χ4v) is 2.42. The molecule has 6 heteroatoms. The minimum atomic E-state index is -0.428. The molecule has 6 nitrogen and oxygen atoms in total. The van der Waals surface area contributed by atoms with E-state index in [1.807, 2.05) is 18.2 Å². The Bertz CT molecular complexity index is 663. The molecule has 0 aliphatic carbocycles. The van der Waals surface area contributed by atoms with Gasteiger partial charge in [-0.2, -0.15) is 0 Å². The maximum Gasteiger partial charge on any atom is 0.290 e. The van der Waals surface area contributed by atoms with Crippen molar-refractivity contribution in [3.8, 4) is 5.75 Å². The highest BCUT2D eigenvalue weighted by atomic mass is 16.6. The van der Waals surface area contributed by atoms with E-state index in [0.29, 0.717) is 17.9 Å². The van der Waals surface area contributed by atoms with Crippen LogP contribution < -0.4 is 10.1 Å². The SMILES string of the molecule is Cc1cc(NCC2Cc3ccccc3O2)ncc1[N+](=O)[O-]. The number of aryl methyl sites for hydroxylation is 1. The first-order valence-corrected chi connectivity index (χ1v) is 6.73. The second-order valence-electron chi connectivity index (χ2n) is 5.05. The van der Waals surface area contributed by atoms with Crippen LogP contribution in [0.2, 0.25) is 0 Å². The van der Waals surface area contributed by atoms with Crippen LogP contribution in [0.1, 0.15) is 11.1 Å². The molecule has 1 atom stereocenters. The fourth-order valence-electron chi connectivity index (χ4n) is 2.42. The van der Waals surface area contributed by atoms with Crippen LogP contribution >= 0.6 is 0 Å². The molecular formula is C15H15N3O3. The van der Waals surface area contributed by atoms with Crippen LogP contribution in [0.15, 0.2) is 36.5 Å². The molecule has 3 rings (SSSR count). The van der Waals surface area contributed by atoms with Crippen LogP contribution in [0.5, 0.6) is 5.75 Å². The maximum absolute atomic E-state index is 10.8. The van der Waals surface area contributed by atoms with E-state index in [0.717, 1.165) is 12.2 Å². The minimum Gasteiger partial charge on any atom is -0.488 e. The Kier molecular flexibility index (Phi) is 3.43. The van der Waals surface area contributed by atoms with Crippen molar-refractivity contribution in [1.29, 1.82) is 0 Å². The first-order valence-electron chi connectivity index (χ1n) is 6.73. The van der Waals surface area contributed by atoms with Gasteiger partial charge in [0.05, 0.1) is 11.5 Å². The number of aromatic nitrogens is 1. The van der Waals surface area contributed by atoms with Crippen molar-refractivity contribution in [3.63, 3.8) is 0 Å². The van der Waals surface area contributed by atoms with E-state index in [4.69, 9.17) is 4.74 Å².